The topological polar surface area (TPSA) is 165 Å². The molecule has 3 aliphatic heterocycles. The van der Waals surface area contributed by atoms with Crippen molar-refractivity contribution in [2.24, 2.45) is 11.8 Å². The van der Waals surface area contributed by atoms with Crippen LogP contribution in [0.2, 0.25) is 0 Å². The normalized spacial score (nSPS) is 20.4. The number of piperidine rings is 1. The Morgan fingerprint density at radius 2 is 1.72 bits per heavy atom. The van der Waals surface area contributed by atoms with Gasteiger partial charge < -0.3 is 25.3 Å². The maximum atomic E-state index is 12.6. The Balaban J connectivity index is 0.000000501. The number of aromatic nitrogens is 2. The van der Waals surface area contributed by atoms with Crippen molar-refractivity contribution < 1.29 is 29.4 Å². The fraction of sp³-hybridized carbons (Fsp3) is 0.667. The van der Waals surface area contributed by atoms with Gasteiger partial charge in [-0.3, -0.25) is 19.7 Å². The Morgan fingerprint density at radius 1 is 1.11 bits per heavy atom. The summed E-state index contributed by atoms with van der Waals surface area (Å²) in [4.78, 5) is 46.8. The van der Waals surface area contributed by atoms with Crippen LogP contribution in [-0.2, 0) is 20.8 Å². The SMILES string of the molecule is CC(=O)O.CC(=O)O.CC(C)CN1C(=O)NC(=O)C12CCN(c1ccc(CC3CCNC3)nn1)CC2. The van der Waals surface area contributed by atoms with Gasteiger partial charge in [0, 0.05) is 33.5 Å². The summed E-state index contributed by atoms with van der Waals surface area (Å²) in [6, 6.07) is 3.86. The number of carbonyl (C=O) groups excluding carboxylic acids is 2. The minimum atomic E-state index is -0.833. The van der Waals surface area contributed by atoms with E-state index in [1.807, 2.05) is 6.07 Å². The van der Waals surface area contributed by atoms with Crippen molar-refractivity contribution in [3.8, 4) is 0 Å². The van der Waals surface area contributed by atoms with Crippen LogP contribution >= 0.6 is 0 Å². The number of aliphatic carboxylic acids is 2. The molecule has 0 saturated carbocycles. The minimum Gasteiger partial charge on any atom is -0.481 e. The summed E-state index contributed by atoms with van der Waals surface area (Å²) in [6.45, 7) is 10.4. The number of anilines is 1. The van der Waals surface area contributed by atoms with E-state index in [9.17, 15) is 9.59 Å². The number of urea groups is 1. The summed E-state index contributed by atoms with van der Waals surface area (Å²) < 4.78 is 0. The number of rotatable bonds is 5. The first-order valence-corrected chi connectivity index (χ1v) is 12.2. The van der Waals surface area contributed by atoms with Gasteiger partial charge in [0.2, 0.25) is 0 Å². The summed E-state index contributed by atoms with van der Waals surface area (Å²) in [5.74, 6) is 0.00748. The number of carboxylic acid groups (broad SMARTS) is 2. The van der Waals surface area contributed by atoms with Crippen molar-refractivity contribution in [3.05, 3.63) is 17.8 Å². The average Bonchev–Trinajstić information content (AvgIpc) is 3.37. The van der Waals surface area contributed by atoms with E-state index in [0.717, 1.165) is 44.9 Å². The van der Waals surface area contributed by atoms with Crippen LogP contribution in [0.3, 0.4) is 0 Å². The molecule has 3 aliphatic rings. The molecule has 3 amide bonds. The summed E-state index contributed by atoms with van der Waals surface area (Å²) in [5, 5.41) is 29.6. The molecule has 1 spiro atoms. The van der Waals surface area contributed by atoms with Crippen LogP contribution < -0.4 is 15.5 Å². The second-order valence-electron chi connectivity index (χ2n) is 9.77. The zero-order valence-electron chi connectivity index (χ0n) is 21.5. The lowest BCUT2D eigenvalue weighted by molar-refractivity contribution is -0.135. The van der Waals surface area contributed by atoms with Gasteiger partial charge in [0.25, 0.3) is 17.8 Å². The molecule has 1 aromatic heterocycles. The predicted octanol–water partition coefficient (Wildman–Crippen LogP) is 1.36. The van der Waals surface area contributed by atoms with Crippen molar-refractivity contribution in [1.82, 2.24) is 25.7 Å². The number of imide groups is 1. The Bertz CT molecular complexity index is 888. The van der Waals surface area contributed by atoms with Gasteiger partial charge in [0.15, 0.2) is 5.82 Å². The van der Waals surface area contributed by atoms with Crippen molar-refractivity contribution in [2.45, 2.75) is 58.9 Å². The van der Waals surface area contributed by atoms with Crippen molar-refractivity contribution in [3.63, 3.8) is 0 Å². The minimum absolute atomic E-state index is 0.149. The first-order chi connectivity index (χ1) is 16.9. The van der Waals surface area contributed by atoms with Crippen LogP contribution in [0.15, 0.2) is 12.1 Å². The molecule has 1 unspecified atom stereocenters. The number of carboxylic acids is 2. The first-order valence-electron chi connectivity index (χ1n) is 12.2. The van der Waals surface area contributed by atoms with E-state index in [-0.39, 0.29) is 11.9 Å². The quantitative estimate of drug-likeness (QED) is 0.428. The van der Waals surface area contributed by atoms with Gasteiger partial charge in [-0.15, -0.1) is 5.10 Å². The van der Waals surface area contributed by atoms with Gasteiger partial charge in [-0.25, -0.2) is 4.79 Å². The fourth-order valence-corrected chi connectivity index (χ4v) is 4.64. The Labute approximate surface area is 211 Å². The predicted molar refractivity (Wildman–Crippen MR) is 133 cm³/mol. The summed E-state index contributed by atoms with van der Waals surface area (Å²) in [7, 11) is 0. The number of nitrogens with zero attached hydrogens (tertiary/aromatic N) is 4. The Kier molecular flexibility index (Phi) is 10.6. The fourth-order valence-electron chi connectivity index (χ4n) is 4.64. The second-order valence-corrected chi connectivity index (χ2v) is 9.77. The van der Waals surface area contributed by atoms with E-state index in [2.05, 4.69) is 45.6 Å². The third-order valence-corrected chi connectivity index (χ3v) is 6.23. The molecule has 12 heteroatoms. The lowest BCUT2D eigenvalue weighted by atomic mass is 9.85. The van der Waals surface area contributed by atoms with Crippen LogP contribution in [0.5, 0.6) is 0 Å². The highest BCUT2D eigenvalue weighted by atomic mass is 16.4. The van der Waals surface area contributed by atoms with E-state index in [0.29, 0.717) is 44.3 Å². The molecule has 3 fully saturated rings. The molecule has 3 saturated heterocycles. The molecule has 4 heterocycles. The molecule has 0 aliphatic carbocycles. The summed E-state index contributed by atoms with van der Waals surface area (Å²) in [5.41, 5.74) is 0.329. The molecule has 200 valence electrons. The third-order valence-electron chi connectivity index (χ3n) is 6.23. The van der Waals surface area contributed by atoms with Gasteiger partial charge in [-0.05, 0) is 62.7 Å². The Hall–Kier alpha value is -3.28. The molecule has 0 aromatic carbocycles. The zero-order valence-corrected chi connectivity index (χ0v) is 21.5. The standard InChI is InChI=1S/C20H30N6O2.2C2H4O2/c1-14(2)13-26-19(28)22-18(27)20(26)6-9-25(10-7-20)17-4-3-16(23-24-17)11-15-5-8-21-12-15;2*1-2(3)4/h3-4,14-15,21H,5-13H2,1-2H3,(H,22,27,28);2*1H3,(H,3,4). The van der Waals surface area contributed by atoms with Gasteiger partial charge in [-0.1, -0.05) is 13.8 Å². The molecule has 4 N–H and O–H groups in total. The molecule has 0 bridgehead atoms. The van der Waals surface area contributed by atoms with Crippen molar-refractivity contribution >= 4 is 29.7 Å². The number of nitrogens with one attached hydrogen (secondary N) is 2. The third kappa shape index (κ3) is 8.14. The van der Waals surface area contributed by atoms with Gasteiger partial charge in [-0.2, -0.15) is 5.10 Å². The van der Waals surface area contributed by atoms with E-state index in [1.54, 1.807) is 4.90 Å². The van der Waals surface area contributed by atoms with Crippen LogP contribution in [0.1, 0.15) is 52.7 Å². The van der Waals surface area contributed by atoms with Crippen LogP contribution in [-0.4, -0.2) is 87.4 Å². The lowest BCUT2D eigenvalue weighted by Gasteiger charge is -2.43. The van der Waals surface area contributed by atoms with Gasteiger partial charge in [0.1, 0.15) is 5.54 Å². The highest BCUT2D eigenvalue weighted by Gasteiger charge is 2.54. The van der Waals surface area contributed by atoms with Crippen molar-refractivity contribution in [2.75, 3.05) is 37.6 Å². The Morgan fingerprint density at radius 3 is 2.19 bits per heavy atom. The molecule has 1 atom stereocenters. The average molecular weight is 507 g/mol. The number of hydrogen-bond donors (Lipinski definition) is 4. The van der Waals surface area contributed by atoms with Crippen molar-refractivity contribution in [1.29, 1.82) is 0 Å². The molecular weight excluding hydrogens is 468 g/mol. The number of hydrogen-bond acceptors (Lipinski definition) is 8. The van der Waals surface area contributed by atoms with Crippen LogP contribution in [0.25, 0.3) is 0 Å². The summed E-state index contributed by atoms with van der Waals surface area (Å²) in [6.07, 6.45) is 3.41. The lowest BCUT2D eigenvalue weighted by Crippen LogP contribution is -2.57. The maximum absolute atomic E-state index is 12.6. The van der Waals surface area contributed by atoms with E-state index >= 15 is 0 Å². The molecule has 0 radical (unpaired) electrons. The van der Waals surface area contributed by atoms with Crippen LogP contribution in [0, 0.1) is 11.8 Å². The molecule has 36 heavy (non-hydrogen) atoms. The van der Waals surface area contributed by atoms with Gasteiger partial charge in [0.05, 0.1) is 5.69 Å². The number of amides is 3. The molecule has 1 aromatic rings. The van der Waals surface area contributed by atoms with E-state index in [1.165, 1.54) is 6.42 Å². The molecule has 12 nitrogen and oxygen atoms in total. The van der Waals surface area contributed by atoms with Gasteiger partial charge >= 0.3 is 6.03 Å². The monoisotopic (exact) mass is 506 g/mol. The largest absolute Gasteiger partial charge is 0.481 e. The van der Waals surface area contributed by atoms with Crippen LogP contribution in [0.4, 0.5) is 10.6 Å². The number of carbonyl (C=O) groups is 4. The first kappa shape index (κ1) is 29.0. The summed E-state index contributed by atoms with van der Waals surface area (Å²) >= 11 is 0. The molecular formula is C24H38N6O6. The highest BCUT2D eigenvalue weighted by molar-refractivity contribution is 6.07. The second kappa shape index (κ2) is 13.1. The van der Waals surface area contributed by atoms with E-state index in [4.69, 9.17) is 19.8 Å². The zero-order chi connectivity index (χ0) is 26.9. The smallest absolute Gasteiger partial charge is 0.325 e. The van der Waals surface area contributed by atoms with E-state index < -0.39 is 17.5 Å². The molecule has 4 rings (SSSR count). The maximum Gasteiger partial charge on any atom is 0.325 e. The highest BCUT2D eigenvalue weighted by Crippen LogP contribution is 2.35.